The van der Waals surface area contributed by atoms with Crippen LogP contribution < -0.4 is 5.32 Å². The van der Waals surface area contributed by atoms with Crippen LogP contribution in [0.15, 0.2) is 4.52 Å². The van der Waals surface area contributed by atoms with Gasteiger partial charge in [0, 0.05) is 13.0 Å². The number of ether oxygens (including phenoxy) is 1. The van der Waals surface area contributed by atoms with E-state index in [9.17, 15) is 0 Å². The lowest BCUT2D eigenvalue weighted by atomic mass is 10.2. The van der Waals surface area contributed by atoms with Crippen LogP contribution in [0, 0.1) is 0 Å². The van der Waals surface area contributed by atoms with Gasteiger partial charge in [0.25, 0.3) is 0 Å². The zero-order chi connectivity index (χ0) is 10.5. The largest absolute Gasteiger partial charge is 0.381 e. The number of hydrogen-bond donors (Lipinski definition) is 1. The molecule has 0 amide bonds. The molecule has 1 atom stereocenters. The monoisotopic (exact) mass is 211 g/mol. The molecule has 1 saturated heterocycles. The van der Waals surface area contributed by atoms with Gasteiger partial charge in [-0.2, -0.15) is 4.98 Å². The highest BCUT2D eigenvalue weighted by Crippen LogP contribution is 2.20. The molecular weight excluding hydrogens is 194 g/mol. The van der Waals surface area contributed by atoms with Crippen molar-refractivity contribution in [3.8, 4) is 0 Å². The third-order valence-electron chi connectivity index (χ3n) is 2.52. The van der Waals surface area contributed by atoms with E-state index in [1.165, 1.54) is 6.42 Å². The minimum Gasteiger partial charge on any atom is -0.381 e. The Morgan fingerprint density at radius 1 is 1.60 bits per heavy atom. The Hall–Kier alpha value is -0.940. The van der Waals surface area contributed by atoms with Crippen LogP contribution in [0.3, 0.4) is 0 Å². The van der Waals surface area contributed by atoms with Crippen LogP contribution in [0.1, 0.15) is 37.5 Å². The van der Waals surface area contributed by atoms with E-state index in [4.69, 9.17) is 9.26 Å². The Kier molecular flexibility index (Phi) is 3.69. The van der Waals surface area contributed by atoms with Crippen molar-refractivity contribution < 1.29 is 9.26 Å². The van der Waals surface area contributed by atoms with E-state index in [1.807, 2.05) is 6.92 Å². The van der Waals surface area contributed by atoms with Gasteiger partial charge in [0.1, 0.15) is 0 Å². The lowest BCUT2D eigenvalue weighted by molar-refractivity contribution is 0.149. The van der Waals surface area contributed by atoms with Gasteiger partial charge in [-0.15, -0.1) is 0 Å². The maximum absolute atomic E-state index is 5.23. The molecule has 5 nitrogen and oxygen atoms in total. The van der Waals surface area contributed by atoms with Crippen molar-refractivity contribution >= 4 is 0 Å². The summed E-state index contributed by atoms with van der Waals surface area (Å²) < 4.78 is 10.4. The molecule has 84 valence electrons. The van der Waals surface area contributed by atoms with Gasteiger partial charge in [0.15, 0.2) is 5.82 Å². The van der Waals surface area contributed by atoms with Gasteiger partial charge in [-0.3, -0.25) is 0 Å². The van der Waals surface area contributed by atoms with Gasteiger partial charge < -0.3 is 14.6 Å². The molecule has 0 aliphatic carbocycles. The maximum Gasteiger partial charge on any atom is 0.243 e. The minimum absolute atomic E-state index is 0.262. The van der Waals surface area contributed by atoms with Crippen LogP contribution in [0.5, 0.6) is 0 Å². The molecule has 1 aromatic heterocycles. The number of rotatable bonds is 5. The van der Waals surface area contributed by atoms with Crippen molar-refractivity contribution in [2.24, 2.45) is 0 Å². The zero-order valence-electron chi connectivity index (χ0n) is 9.03. The fourth-order valence-electron chi connectivity index (χ4n) is 1.71. The standard InChI is InChI=1S/C10H17N3O2/c1-2-14-7-5-9-12-10(15-13-9)8-4-3-6-11-8/h8,11H,2-7H2,1H3/t8-/m1/s1. The van der Waals surface area contributed by atoms with Crippen LogP contribution >= 0.6 is 0 Å². The molecule has 15 heavy (non-hydrogen) atoms. The third-order valence-corrected chi connectivity index (χ3v) is 2.52. The van der Waals surface area contributed by atoms with Crippen LogP contribution in [-0.4, -0.2) is 29.9 Å². The van der Waals surface area contributed by atoms with Gasteiger partial charge in [-0.25, -0.2) is 0 Å². The summed E-state index contributed by atoms with van der Waals surface area (Å²) in [6.07, 6.45) is 3.00. The topological polar surface area (TPSA) is 60.2 Å². The molecule has 1 aromatic rings. The molecule has 0 bridgehead atoms. The zero-order valence-corrected chi connectivity index (χ0v) is 9.03. The predicted molar refractivity (Wildman–Crippen MR) is 54.5 cm³/mol. The van der Waals surface area contributed by atoms with E-state index in [0.717, 1.165) is 37.7 Å². The van der Waals surface area contributed by atoms with E-state index in [1.54, 1.807) is 0 Å². The lowest BCUT2D eigenvalue weighted by Crippen LogP contribution is -2.13. The summed E-state index contributed by atoms with van der Waals surface area (Å²) in [6, 6.07) is 0.262. The third kappa shape index (κ3) is 2.76. The smallest absolute Gasteiger partial charge is 0.243 e. The molecule has 1 fully saturated rings. The fraction of sp³-hybridized carbons (Fsp3) is 0.800. The Labute approximate surface area is 89.2 Å². The summed E-state index contributed by atoms with van der Waals surface area (Å²) in [5, 5.41) is 7.25. The van der Waals surface area contributed by atoms with Crippen LogP contribution in [0.4, 0.5) is 0 Å². The van der Waals surface area contributed by atoms with Gasteiger partial charge in [0.2, 0.25) is 5.89 Å². The van der Waals surface area contributed by atoms with E-state index >= 15 is 0 Å². The fourth-order valence-corrected chi connectivity index (χ4v) is 1.71. The summed E-state index contributed by atoms with van der Waals surface area (Å²) in [4.78, 5) is 4.34. The number of hydrogen-bond acceptors (Lipinski definition) is 5. The van der Waals surface area contributed by atoms with E-state index in [2.05, 4.69) is 15.5 Å². The second-order valence-corrected chi connectivity index (χ2v) is 3.64. The first-order chi connectivity index (χ1) is 7.40. The molecule has 0 aromatic carbocycles. The number of nitrogens with zero attached hydrogens (tertiary/aromatic N) is 2. The maximum atomic E-state index is 5.23. The second kappa shape index (κ2) is 5.23. The van der Waals surface area contributed by atoms with Crippen LogP contribution in [0.25, 0.3) is 0 Å². The average Bonchev–Trinajstić information content (AvgIpc) is 2.87. The van der Waals surface area contributed by atoms with Gasteiger partial charge in [0.05, 0.1) is 12.6 Å². The van der Waals surface area contributed by atoms with Crippen molar-refractivity contribution in [2.45, 2.75) is 32.2 Å². The van der Waals surface area contributed by atoms with E-state index in [-0.39, 0.29) is 6.04 Å². The van der Waals surface area contributed by atoms with Crippen LogP contribution in [0.2, 0.25) is 0 Å². The SMILES string of the molecule is CCOCCc1noc([C@H]2CCCN2)n1. The van der Waals surface area contributed by atoms with Gasteiger partial charge >= 0.3 is 0 Å². The predicted octanol–water partition coefficient (Wildman–Crippen LogP) is 1.07. The van der Waals surface area contributed by atoms with Crippen LogP contribution in [-0.2, 0) is 11.2 Å². The second-order valence-electron chi connectivity index (χ2n) is 3.64. The quantitative estimate of drug-likeness (QED) is 0.738. The highest BCUT2D eigenvalue weighted by Gasteiger charge is 2.21. The van der Waals surface area contributed by atoms with Gasteiger partial charge in [-0.1, -0.05) is 5.16 Å². The molecule has 1 N–H and O–H groups in total. The summed E-state index contributed by atoms with van der Waals surface area (Å²) in [5.41, 5.74) is 0. The molecule has 1 aliphatic rings. The summed E-state index contributed by atoms with van der Waals surface area (Å²) in [7, 11) is 0. The highest BCUT2D eigenvalue weighted by molar-refractivity contribution is 4.95. The van der Waals surface area contributed by atoms with Crippen molar-refractivity contribution in [2.75, 3.05) is 19.8 Å². The molecule has 2 heterocycles. The average molecular weight is 211 g/mol. The Morgan fingerprint density at radius 3 is 3.27 bits per heavy atom. The lowest BCUT2D eigenvalue weighted by Gasteiger charge is -2.01. The van der Waals surface area contributed by atoms with Crippen molar-refractivity contribution in [1.82, 2.24) is 15.5 Å². The molecular formula is C10H17N3O2. The van der Waals surface area contributed by atoms with E-state index in [0.29, 0.717) is 6.61 Å². The molecule has 0 unspecified atom stereocenters. The summed E-state index contributed by atoms with van der Waals surface area (Å²) in [6.45, 7) is 4.41. The van der Waals surface area contributed by atoms with E-state index < -0.39 is 0 Å². The molecule has 5 heteroatoms. The Morgan fingerprint density at radius 2 is 2.53 bits per heavy atom. The normalized spacial score (nSPS) is 21.0. The number of aromatic nitrogens is 2. The molecule has 1 aliphatic heterocycles. The minimum atomic E-state index is 0.262. The Bertz CT molecular complexity index is 295. The molecule has 0 saturated carbocycles. The Balaban J connectivity index is 1.86. The van der Waals surface area contributed by atoms with Gasteiger partial charge in [-0.05, 0) is 26.3 Å². The van der Waals surface area contributed by atoms with Crippen molar-refractivity contribution in [3.05, 3.63) is 11.7 Å². The first-order valence-corrected chi connectivity index (χ1v) is 5.53. The summed E-state index contributed by atoms with van der Waals surface area (Å²) >= 11 is 0. The molecule has 0 spiro atoms. The first-order valence-electron chi connectivity index (χ1n) is 5.53. The molecule has 0 radical (unpaired) electrons. The summed E-state index contributed by atoms with van der Waals surface area (Å²) in [5.74, 6) is 1.46. The highest BCUT2D eigenvalue weighted by atomic mass is 16.5. The first kappa shape index (κ1) is 10.6. The van der Waals surface area contributed by atoms with Crippen molar-refractivity contribution in [3.63, 3.8) is 0 Å². The van der Waals surface area contributed by atoms with Crippen molar-refractivity contribution in [1.29, 1.82) is 0 Å². The molecule has 2 rings (SSSR count). The number of nitrogens with one attached hydrogen (secondary N) is 1.